The number of piperazine rings is 2. The SMILES string of the molecule is COc1cc(N2C(=O)C(C)(C)N(C(=O)NCCCCc3ccccc3)CC2Cc2ccccc2)ccc1F.COc1cc(N2CCN(C(=O)O)C(C)(C)C2=O)ccc1F. The first-order chi connectivity index (χ1) is 28.1. The van der Waals surface area contributed by atoms with E-state index in [1.54, 1.807) is 49.6 Å². The van der Waals surface area contributed by atoms with Crippen molar-refractivity contribution < 1.29 is 42.5 Å². The molecule has 5 amide bonds. The molecule has 314 valence electrons. The predicted molar refractivity (Wildman–Crippen MR) is 222 cm³/mol. The summed E-state index contributed by atoms with van der Waals surface area (Å²) in [6.07, 6.45) is 2.18. The number of ether oxygens (including phenoxy) is 2. The highest BCUT2D eigenvalue weighted by atomic mass is 19.1. The molecule has 0 aromatic heterocycles. The van der Waals surface area contributed by atoms with Crippen LogP contribution in [0.15, 0.2) is 97.1 Å². The maximum absolute atomic E-state index is 14.2. The molecule has 12 nitrogen and oxygen atoms in total. The van der Waals surface area contributed by atoms with Crippen LogP contribution in [-0.2, 0) is 22.4 Å². The van der Waals surface area contributed by atoms with Gasteiger partial charge in [-0.3, -0.25) is 14.5 Å². The summed E-state index contributed by atoms with van der Waals surface area (Å²) in [5.41, 5.74) is 1.09. The standard InChI is InChI=1S/C31H36FN3O3.C14H17FN2O4/c1-31(2)29(36)35(25-17-18-27(32)28(21-25)38-3)26(20-24-15-8-5-9-16-24)22-34(31)30(37)33-19-11-10-14-23-12-6-4-7-13-23;1-14(2)12(18)16(6-7-17(14)13(19)20)9-4-5-10(15)11(8-9)21-3/h4-9,12-13,15-18,21,26H,10-11,14,19-20,22H2,1-3H3,(H,33,37);4-5,8H,6-7H2,1-3H3,(H,19,20). The van der Waals surface area contributed by atoms with E-state index >= 15 is 0 Å². The molecule has 4 aromatic carbocycles. The number of benzene rings is 4. The molecule has 0 aliphatic carbocycles. The third-order valence-electron chi connectivity index (χ3n) is 10.8. The van der Waals surface area contributed by atoms with Crippen LogP contribution in [0.1, 0.15) is 51.7 Å². The van der Waals surface area contributed by atoms with Crippen LogP contribution in [0.5, 0.6) is 11.5 Å². The minimum Gasteiger partial charge on any atom is -0.494 e. The number of aryl methyl sites for hydroxylation is 1. The Bertz CT molecular complexity index is 2100. The van der Waals surface area contributed by atoms with E-state index < -0.39 is 28.8 Å². The summed E-state index contributed by atoms with van der Waals surface area (Å²) in [7, 11) is 2.74. The summed E-state index contributed by atoms with van der Waals surface area (Å²) in [6, 6.07) is 28.1. The highest BCUT2D eigenvalue weighted by Gasteiger charge is 2.49. The normalized spacial score (nSPS) is 17.2. The third-order valence-corrected chi connectivity index (χ3v) is 10.8. The van der Waals surface area contributed by atoms with Gasteiger partial charge in [-0.2, -0.15) is 0 Å². The van der Waals surface area contributed by atoms with Gasteiger partial charge < -0.3 is 34.6 Å². The fourth-order valence-electron chi connectivity index (χ4n) is 7.42. The molecule has 0 bridgehead atoms. The Morgan fingerprint density at radius 2 is 1.27 bits per heavy atom. The number of hydrogen-bond acceptors (Lipinski definition) is 6. The molecule has 0 spiro atoms. The second kappa shape index (κ2) is 19.0. The van der Waals surface area contributed by atoms with E-state index in [0.717, 1.165) is 29.7 Å². The number of carbonyl (C=O) groups excluding carboxylic acids is 3. The highest BCUT2D eigenvalue weighted by molar-refractivity contribution is 6.04. The van der Waals surface area contributed by atoms with Crippen LogP contribution in [0.3, 0.4) is 0 Å². The number of carboxylic acid groups (broad SMARTS) is 1. The number of anilines is 2. The van der Waals surface area contributed by atoms with Gasteiger partial charge in [0.1, 0.15) is 11.1 Å². The largest absolute Gasteiger partial charge is 0.494 e. The van der Waals surface area contributed by atoms with E-state index in [4.69, 9.17) is 14.6 Å². The lowest BCUT2D eigenvalue weighted by Crippen LogP contribution is -2.70. The Labute approximate surface area is 344 Å². The lowest BCUT2D eigenvalue weighted by atomic mass is 9.91. The van der Waals surface area contributed by atoms with E-state index in [2.05, 4.69) is 17.4 Å². The minimum atomic E-state index is -1.17. The van der Waals surface area contributed by atoms with Crippen LogP contribution in [0, 0.1) is 11.6 Å². The first kappa shape index (κ1) is 43.9. The number of methoxy groups -OCH3 is 2. The number of hydrogen-bond donors (Lipinski definition) is 2. The van der Waals surface area contributed by atoms with Gasteiger partial charge in [0.25, 0.3) is 11.8 Å². The van der Waals surface area contributed by atoms with E-state index in [1.165, 1.54) is 48.9 Å². The van der Waals surface area contributed by atoms with Gasteiger partial charge in [0, 0.05) is 49.7 Å². The van der Waals surface area contributed by atoms with Gasteiger partial charge in [0.05, 0.1) is 20.3 Å². The molecule has 4 aromatic rings. The van der Waals surface area contributed by atoms with Crippen LogP contribution >= 0.6 is 0 Å². The quantitative estimate of drug-likeness (QED) is 0.150. The lowest BCUT2D eigenvalue weighted by molar-refractivity contribution is -0.131. The predicted octanol–water partition coefficient (Wildman–Crippen LogP) is 7.54. The smallest absolute Gasteiger partial charge is 0.408 e. The van der Waals surface area contributed by atoms with Crippen LogP contribution in [0.4, 0.5) is 29.7 Å². The third kappa shape index (κ3) is 10.1. The summed E-state index contributed by atoms with van der Waals surface area (Å²) in [5.74, 6) is -1.48. The van der Waals surface area contributed by atoms with Gasteiger partial charge >= 0.3 is 12.1 Å². The minimum absolute atomic E-state index is 0.0405. The molecule has 2 aliphatic rings. The van der Waals surface area contributed by atoms with Crippen molar-refractivity contribution in [1.82, 2.24) is 15.1 Å². The van der Waals surface area contributed by atoms with Crippen LogP contribution in [0.25, 0.3) is 0 Å². The lowest BCUT2D eigenvalue weighted by Gasteiger charge is -2.50. The van der Waals surface area contributed by atoms with Crippen LogP contribution < -0.4 is 24.6 Å². The summed E-state index contributed by atoms with van der Waals surface area (Å²) < 4.78 is 37.7. The first-order valence-corrected chi connectivity index (χ1v) is 19.6. The Morgan fingerprint density at radius 3 is 1.85 bits per heavy atom. The molecule has 1 atom stereocenters. The van der Waals surface area contributed by atoms with Gasteiger partial charge in [-0.15, -0.1) is 0 Å². The summed E-state index contributed by atoms with van der Waals surface area (Å²) in [5, 5.41) is 12.2. The van der Waals surface area contributed by atoms with Crippen LogP contribution in [-0.4, -0.2) is 96.4 Å². The van der Waals surface area contributed by atoms with Crippen molar-refractivity contribution in [3.05, 3.63) is 120 Å². The fraction of sp³-hybridized carbons (Fsp3) is 0.378. The van der Waals surface area contributed by atoms with E-state index in [0.29, 0.717) is 30.9 Å². The topological polar surface area (TPSA) is 132 Å². The average Bonchev–Trinajstić information content (AvgIpc) is 3.21. The summed E-state index contributed by atoms with van der Waals surface area (Å²) >= 11 is 0. The van der Waals surface area contributed by atoms with Gasteiger partial charge in [-0.25, -0.2) is 18.4 Å². The number of rotatable bonds is 11. The van der Waals surface area contributed by atoms with Crippen molar-refractivity contribution in [1.29, 1.82) is 0 Å². The molecule has 59 heavy (non-hydrogen) atoms. The van der Waals surface area contributed by atoms with Crippen molar-refractivity contribution in [2.75, 3.05) is 50.2 Å². The first-order valence-electron chi connectivity index (χ1n) is 19.6. The Kier molecular flexibility index (Phi) is 14.2. The number of amides is 5. The molecule has 2 saturated heterocycles. The number of urea groups is 1. The number of halogens is 2. The zero-order chi connectivity index (χ0) is 42.9. The second-order valence-corrected chi connectivity index (χ2v) is 15.5. The maximum Gasteiger partial charge on any atom is 0.408 e. The Balaban J connectivity index is 0.000000266. The summed E-state index contributed by atoms with van der Waals surface area (Å²) in [6.45, 7) is 7.90. The molecule has 2 N–H and O–H groups in total. The van der Waals surface area contributed by atoms with Gasteiger partial charge in [-0.05, 0) is 88.8 Å². The van der Waals surface area contributed by atoms with E-state index in [9.17, 15) is 28.0 Å². The van der Waals surface area contributed by atoms with Crippen molar-refractivity contribution in [2.45, 2.75) is 70.5 Å². The molecule has 14 heteroatoms. The number of carbonyl (C=O) groups is 4. The van der Waals surface area contributed by atoms with Crippen LogP contribution in [0.2, 0.25) is 0 Å². The zero-order valence-electron chi connectivity index (χ0n) is 34.4. The molecular weight excluding hydrogens is 761 g/mol. The van der Waals surface area contributed by atoms with E-state index in [-0.39, 0.29) is 48.5 Å². The molecule has 2 aliphatic heterocycles. The zero-order valence-corrected chi connectivity index (χ0v) is 34.4. The van der Waals surface area contributed by atoms with E-state index in [1.807, 2.05) is 48.5 Å². The highest BCUT2D eigenvalue weighted by Crippen LogP contribution is 2.35. The fourth-order valence-corrected chi connectivity index (χ4v) is 7.42. The Hall–Kier alpha value is -6.18. The summed E-state index contributed by atoms with van der Waals surface area (Å²) in [4.78, 5) is 56.9. The molecule has 1 unspecified atom stereocenters. The average molecular weight is 814 g/mol. The Morgan fingerprint density at radius 1 is 0.729 bits per heavy atom. The molecular formula is C45H53F2N5O7. The molecule has 2 fully saturated rings. The number of nitrogens with zero attached hydrogens (tertiary/aromatic N) is 4. The van der Waals surface area contributed by atoms with Crippen molar-refractivity contribution in [3.63, 3.8) is 0 Å². The monoisotopic (exact) mass is 813 g/mol. The second-order valence-electron chi connectivity index (χ2n) is 15.5. The van der Waals surface area contributed by atoms with Crippen molar-refractivity contribution in [3.8, 4) is 11.5 Å². The molecule has 0 saturated carbocycles. The van der Waals surface area contributed by atoms with Gasteiger partial charge in [0.2, 0.25) is 0 Å². The molecule has 0 radical (unpaired) electrons. The number of unbranched alkanes of at least 4 members (excludes halogenated alkanes) is 1. The molecule has 6 rings (SSSR count). The van der Waals surface area contributed by atoms with Gasteiger partial charge in [0.15, 0.2) is 23.1 Å². The maximum atomic E-state index is 14.2. The molecule has 2 heterocycles. The number of nitrogens with one attached hydrogen (secondary N) is 1. The van der Waals surface area contributed by atoms with Crippen molar-refractivity contribution >= 4 is 35.3 Å². The van der Waals surface area contributed by atoms with Gasteiger partial charge in [-0.1, -0.05) is 60.7 Å². The van der Waals surface area contributed by atoms with Crippen molar-refractivity contribution in [2.24, 2.45) is 0 Å².